The Morgan fingerprint density at radius 3 is 2.38 bits per heavy atom. The number of rotatable bonds is 4. The summed E-state index contributed by atoms with van der Waals surface area (Å²) >= 11 is 0. The number of para-hydroxylation sites is 1. The third-order valence-electron chi connectivity index (χ3n) is 5.54. The molecular weight excluding hydrogens is 366 g/mol. The molecule has 1 saturated carbocycles. The molecule has 1 aromatic heterocycles. The molecule has 6 heteroatoms. The molecule has 1 N–H and O–H groups in total. The number of nitrogens with zero attached hydrogens (tertiary/aromatic N) is 2. The van der Waals surface area contributed by atoms with Gasteiger partial charge in [0.25, 0.3) is 5.56 Å². The highest BCUT2D eigenvalue weighted by Gasteiger charge is 2.20. The summed E-state index contributed by atoms with van der Waals surface area (Å²) in [6.07, 6.45) is 4.18. The van der Waals surface area contributed by atoms with Gasteiger partial charge in [0.1, 0.15) is 6.54 Å². The van der Waals surface area contributed by atoms with Crippen molar-refractivity contribution in [3.8, 4) is 5.69 Å². The third-order valence-corrected chi connectivity index (χ3v) is 5.54. The van der Waals surface area contributed by atoms with Crippen LogP contribution in [0.3, 0.4) is 0 Å². The average molecular weight is 391 g/mol. The predicted molar refractivity (Wildman–Crippen MR) is 114 cm³/mol. The predicted octanol–water partition coefficient (Wildman–Crippen LogP) is 2.83. The van der Waals surface area contributed by atoms with Crippen molar-refractivity contribution in [2.75, 3.05) is 0 Å². The van der Waals surface area contributed by atoms with E-state index < -0.39 is 5.69 Å². The fourth-order valence-electron chi connectivity index (χ4n) is 4.27. The molecule has 0 unspecified atom stereocenters. The number of benzene rings is 2. The monoisotopic (exact) mass is 391 g/mol. The van der Waals surface area contributed by atoms with Crippen molar-refractivity contribution < 1.29 is 4.79 Å². The second-order valence-corrected chi connectivity index (χ2v) is 7.92. The number of aryl methyl sites for hydroxylation is 2. The van der Waals surface area contributed by atoms with Crippen LogP contribution in [0.2, 0.25) is 0 Å². The van der Waals surface area contributed by atoms with Crippen molar-refractivity contribution in [2.24, 2.45) is 0 Å². The highest BCUT2D eigenvalue weighted by Crippen LogP contribution is 2.18. The Kier molecular flexibility index (Phi) is 5.09. The maximum Gasteiger partial charge on any atom is 0.336 e. The van der Waals surface area contributed by atoms with Gasteiger partial charge < -0.3 is 5.32 Å². The number of amides is 1. The Labute approximate surface area is 168 Å². The Bertz CT molecular complexity index is 1180. The summed E-state index contributed by atoms with van der Waals surface area (Å²) in [4.78, 5) is 39.1. The van der Waals surface area contributed by atoms with Gasteiger partial charge in [0, 0.05) is 6.04 Å². The standard InChI is InChI=1S/C23H25N3O3/c1-15-11-16(2)13-18(12-15)26-22(28)19-9-5-6-10-20(19)25(23(26)29)14-21(27)24-17-7-3-4-8-17/h5-6,9-13,17H,3-4,7-8,14H2,1-2H3,(H,24,27). The molecule has 0 radical (unpaired) electrons. The van der Waals surface area contributed by atoms with Gasteiger partial charge in [-0.15, -0.1) is 0 Å². The highest BCUT2D eigenvalue weighted by atomic mass is 16.2. The molecule has 0 atom stereocenters. The smallest absolute Gasteiger partial charge is 0.336 e. The lowest BCUT2D eigenvalue weighted by Crippen LogP contribution is -2.43. The zero-order chi connectivity index (χ0) is 20.5. The van der Waals surface area contributed by atoms with Gasteiger partial charge in [0.05, 0.1) is 16.6 Å². The van der Waals surface area contributed by atoms with E-state index in [-0.39, 0.29) is 24.1 Å². The molecule has 0 bridgehead atoms. The lowest BCUT2D eigenvalue weighted by atomic mass is 10.1. The number of carbonyl (C=O) groups excluding carboxylic acids is 1. The van der Waals surface area contributed by atoms with Gasteiger partial charge in [0.15, 0.2) is 0 Å². The Hall–Kier alpha value is -3.15. The first kappa shape index (κ1) is 19.2. The summed E-state index contributed by atoms with van der Waals surface area (Å²) in [6, 6.07) is 12.7. The van der Waals surface area contributed by atoms with Crippen molar-refractivity contribution in [3.63, 3.8) is 0 Å². The highest BCUT2D eigenvalue weighted by molar-refractivity contribution is 5.82. The zero-order valence-electron chi connectivity index (χ0n) is 16.8. The topological polar surface area (TPSA) is 73.1 Å². The van der Waals surface area contributed by atoms with E-state index in [0.717, 1.165) is 36.8 Å². The molecule has 0 saturated heterocycles. The molecule has 4 rings (SSSR count). The Morgan fingerprint density at radius 1 is 1.03 bits per heavy atom. The molecule has 6 nitrogen and oxygen atoms in total. The molecule has 2 aromatic carbocycles. The van der Waals surface area contributed by atoms with Crippen molar-refractivity contribution in [2.45, 2.75) is 52.1 Å². The Balaban J connectivity index is 1.86. The van der Waals surface area contributed by atoms with E-state index in [9.17, 15) is 14.4 Å². The van der Waals surface area contributed by atoms with Gasteiger partial charge in [0.2, 0.25) is 5.91 Å². The van der Waals surface area contributed by atoms with Crippen LogP contribution in [-0.2, 0) is 11.3 Å². The quantitative estimate of drug-likeness (QED) is 0.743. The van der Waals surface area contributed by atoms with Crippen molar-refractivity contribution in [1.82, 2.24) is 14.5 Å². The van der Waals surface area contributed by atoms with E-state index in [2.05, 4.69) is 5.32 Å². The molecule has 1 fully saturated rings. The minimum absolute atomic E-state index is 0.110. The zero-order valence-corrected chi connectivity index (χ0v) is 16.8. The van der Waals surface area contributed by atoms with Crippen LogP contribution in [0, 0.1) is 13.8 Å². The fourth-order valence-corrected chi connectivity index (χ4v) is 4.27. The molecule has 0 spiro atoms. The number of hydrogen-bond acceptors (Lipinski definition) is 3. The van der Waals surface area contributed by atoms with Gasteiger partial charge in [-0.1, -0.05) is 31.0 Å². The van der Waals surface area contributed by atoms with Gasteiger partial charge in [-0.2, -0.15) is 0 Å². The van der Waals surface area contributed by atoms with Gasteiger partial charge in [-0.05, 0) is 62.1 Å². The number of fused-ring (bicyclic) bond motifs is 1. The minimum atomic E-state index is -0.500. The summed E-state index contributed by atoms with van der Waals surface area (Å²) in [5.74, 6) is -0.199. The summed E-state index contributed by atoms with van der Waals surface area (Å²) in [7, 11) is 0. The van der Waals surface area contributed by atoms with E-state index >= 15 is 0 Å². The first-order valence-corrected chi connectivity index (χ1v) is 10.1. The maximum atomic E-state index is 13.3. The van der Waals surface area contributed by atoms with E-state index in [1.165, 1.54) is 9.13 Å². The Morgan fingerprint density at radius 2 is 1.69 bits per heavy atom. The van der Waals surface area contributed by atoms with Gasteiger partial charge in [-0.3, -0.25) is 14.2 Å². The van der Waals surface area contributed by atoms with E-state index in [4.69, 9.17) is 0 Å². The molecule has 1 amide bonds. The van der Waals surface area contributed by atoms with E-state index in [0.29, 0.717) is 16.6 Å². The van der Waals surface area contributed by atoms with Crippen LogP contribution in [0.5, 0.6) is 0 Å². The minimum Gasteiger partial charge on any atom is -0.352 e. The molecule has 1 aliphatic carbocycles. The number of nitrogens with one attached hydrogen (secondary N) is 1. The van der Waals surface area contributed by atoms with Crippen LogP contribution in [0.15, 0.2) is 52.1 Å². The lowest BCUT2D eigenvalue weighted by Gasteiger charge is -2.16. The summed E-state index contributed by atoms with van der Waals surface area (Å²) in [6.45, 7) is 3.74. The number of aromatic nitrogens is 2. The van der Waals surface area contributed by atoms with E-state index in [1.54, 1.807) is 24.3 Å². The maximum absolute atomic E-state index is 13.3. The second kappa shape index (κ2) is 7.70. The van der Waals surface area contributed by atoms with Gasteiger partial charge >= 0.3 is 5.69 Å². The largest absolute Gasteiger partial charge is 0.352 e. The normalized spacial score (nSPS) is 14.4. The van der Waals surface area contributed by atoms with Crippen molar-refractivity contribution >= 4 is 16.8 Å². The average Bonchev–Trinajstić information content (AvgIpc) is 3.17. The SMILES string of the molecule is Cc1cc(C)cc(-n2c(=O)c3ccccc3n(CC(=O)NC3CCCC3)c2=O)c1. The molecule has 0 aliphatic heterocycles. The molecular formula is C23H25N3O3. The third kappa shape index (κ3) is 3.75. The number of hydrogen-bond donors (Lipinski definition) is 1. The number of carbonyl (C=O) groups is 1. The second-order valence-electron chi connectivity index (χ2n) is 7.92. The molecule has 29 heavy (non-hydrogen) atoms. The summed E-state index contributed by atoms with van der Waals surface area (Å²) in [5.41, 5.74) is 2.05. The lowest BCUT2D eigenvalue weighted by molar-refractivity contribution is -0.122. The van der Waals surface area contributed by atoms with Crippen molar-refractivity contribution in [1.29, 1.82) is 0 Å². The van der Waals surface area contributed by atoms with Crippen LogP contribution in [0.1, 0.15) is 36.8 Å². The first-order valence-electron chi connectivity index (χ1n) is 10.1. The summed E-state index contributed by atoms with van der Waals surface area (Å²) in [5, 5.41) is 3.44. The van der Waals surface area contributed by atoms with Gasteiger partial charge in [-0.25, -0.2) is 9.36 Å². The van der Waals surface area contributed by atoms with Crippen molar-refractivity contribution in [3.05, 3.63) is 74.4 Å². The summed E-state index contributed by atoms with van der Waals surface area (Å²) < 4.78 is 2.57. The van der Waals surface area contributed by atoms with Crippen LogP contribution >= 0.6 is 0 Å². The molecule has 3 aromatic rings. The molecule has 1 heterocycles. The fraction of sp³-hybridized carbons (Fsp3) is 0.348. The van der Waals surface area contributed by atoms with Crippen LogP contribution in [0.4, 0.5) is 0 Å². The molecule has 1 aliphatic rings. The van der Waals surface area contributed by atoms with E-state index in [1.807, 2.05) is 32.0 Å². The molecule has 150 valence electrons. The van der Waals surface area contributed by atoms with Crippen LogP contribution in [-0.4, -0.2) is 21.1 Å². The van der Waals surface area contributed by atoms with Crippen LogP contribution in [0.25, 0.3) is 16.6 Å². The first-order chi connectivity index (χ1) is 13.9. The van der Waals surface area contributed by atoms with Crippen LogP contribution < -0.4 is 16.6 Å².